The van der Waals surface area contributed by atoms with Crippen molar-refractivity contribution in [2.24, 2.45) is 0 Å². The van der Waals surface area contributed by atoms with Crippen molar-refractivity contribution in [1.82, 2.24) is 10.2 Å². The molecule has 2 amide bonds. The number of benzene rings is 1. The fourth-order valence-corrected chi connectivity index (χ4v) is 2.08. The number of carboxylic acid groups (broad SMARTS) is 1. The number of nitrogens with one attached hydrogen (secondary N) is 1. The van der Waals surface area contributed by atoms with Crippen molar-refractivity contribution in [3.05, 3.63) is 29.8 Å². The molecule has 0 aliphatic carbocycles. The number of carbonyl (C=O) groups is 2. The smallest absolute Gasteiger partial charge is 0.317 e. The zero-order chi connectivity index (χ0) is 15.8. The topological polar surface area (TPSA) is 78.9 Å². The highest BCUT2D eigenvalue weighted by molar-refractivity contribution is 5.75. The van der Waals surface area contributed by atoms with Gasteiger partial charge in [-0.25, -0.2) is 4.79 Å². The Morgan fingerprint density at radius 1 is 1.43 bits per heavy atom. The first-order valence-electron chi connectivity index (χ1n) is 6.87. The van der Waals surface area contributed by atoms with Gasteiger partial charge in [-0.2, -0.15) is 0 Å². The van der Waals surface area contributed by atoms with E-state index in [9.17, 15) is 9.59 Å². The standard InChI is InChI=1S/C15H22N2O4/c1-4-17(11(2)8-14(18)19)15(20)16-10-12-6-5-7-13(9-12)21-3/h5-7,9,11H,4,8,10H2,1-3H3,(H,16,20)(H,18,19). The van der Waals surface area contributed by atoms with Crippen molar-refractivity contribution in [3.63, 3.8) is 0 Å². The molecular weight excluding hydrogens is 272 g/mol. The molecular formula is C15H22N2O4. The molecule has 0 heterocycles. The molecule has 1 aromatic rings. The lowest BCUT2D eigenvalue weighted by Crippen LogP contribution is -2.45. The molecule has 6 nitrogen and oxygen atoms in total. The van der Waals surface area contributed by atoms with Gasteiger partial charge >= 0.3 is 12.0 Å². The van der Waals surface area contributed by atoms with E-state index in [1.54, 1.807) is 14.0 Å². The maximum atomic E-state index is 12.1. The zero-order valence-electron chi connectivity index (χ0n) is 12.6. The third kappa shape index (κ3) is 5.33. The number of hydrogen-bond donors (Lipinski definition) is 2. The van der Waals surface area contributed by atoms with Crippen LogP contribution in [0.15, 0.2) is 24.3 Å². The van der Waals surface area contributed by atoms with Crippen LogP contribution in [-0.4, -0.2) is 41.7 Å². The predicted molar refractivity (Wildman–Crippen MR) is 79.3 cm³/mol. The number of carboxylic acids is 1. The van der Waals surface area contributed by atoms with Crippen LogP contribution in [-0.2, 0) is 11.3 Å². The molecule has 2 N–H and O–H groups in total. The molecule has 1 unspecified atom stereocenters. The van der Waals surface area contributed by atoms with Gasteiger partial charge in [-0.1, -0.05) is 12.1 Å². The van der Waals surface area contributed by atoms with E-state index in [1.807, 2.05) is 31.2 Å². The molecule has 0 aliphatic heterocycles. The number of nitrogens with zero attached hydrogens (tertiary/aromatic N) is 1. The maximum Gasteiger partial charge on any atom is 0.317 e. The second kappa shape index (κ2) is 8.14. The van der Waals surface area contributed by atoms with Gasteiger partial charge in [-0.05, 0) is 31.5 Å². The molecule has 0 aromatic heterocycles. The lowest BCUT2D eigenvalue weighted by molar-refractivity contribution is -0.138. The van der Waals surface area contributed by atoms with Crippen molar-refractivity contribution in [2.45, 2.75) is 32.9 Å². The fourth-order valence-electron chi connectivity index (χ4n) is 2.08. The molecule has 0 aliphatic rings. The van der Waals surface area contributed by atoms with Gasteiger partial charge in [0.2, 0.25) is 0 Å². The number of urea groups is 1. The molecule has 6 heteroatoms. The monoisotopic (exact) mass is 294 g/mol. The van der Waals surface area contributed by atoms with E-state index in [4.69, 9.17) is 9.84 Å². The van der Waals surface area contributed by atoms with Crippen LogP contribution in [0, 0.1) is 0 Å². The third-order valence-corrected chi connectivity index (χ3v) is 3.18. The lowest BCUT2D eigenvalue weighted by atomic mass is 10.2. The largest absolute Gasteiger partial charge is 0.497 e. The first kappa shape index (κ1) is 16.8. The van der Waals surface area contributed by atoms with E-state index in [-0.39, 0.29) is 18.5 Å². The summed E-state index contributed by atoms with van der Waals surface area (Å²) in [6.07, 6.45) is -0.0690. The molecule has 0 spiro atoms. The highest BCUT2D eigenvalue weighted by Gasteiger charge is 2.20. The summed E-state index contributed by atoms with van der Waals surface area (Å²) < 4.78 is 5.12. The van der Waals surface area contributed by atoms with Gasteiger partial charge in [0.1, 0.15) is 5.75 Å². The first-order valence-corrected chi connectivity index (χ1v) is 6.87. The minimum Gasteiger partial charge on any atom is -0.497 e. The van der Waals surface area contributed by atoms with Crippen molar-refractivity contribution >= 4 is 12.0 Å². The van der Waals surface area contributed by atoms with Crippen LogP contribution < -0.4 is 10.1 Å². The summed E-state index contributed by atoms with van der Waals surface area (Å²) in [7, 11) is 1.59. The van der Waals surface area contributed by atoms with Gasteiger partial charge in [0, 0.05) is 19.1 Å². The van der Waals surface area contributed by atoms with Crippen LogP contribution in [0.25, 0.3) is 0 Å². The van der Waals surface area contributed by atoms with Gasteiger partial charge in [0.25, 0.3) is 0 Å². The predicted octanol–water partition coefficient (Wildman–Crippen LogP) is 2.09. The van der Waals surface area contributed by atoms with Crippen molar-refractivity contribution < 1.29 is 19.4 Å². The zero-order valence-corrected chi connectivity index (χ0v) is 12.6. The van der Waals surface area contributed by atoms with E-state index in [2.05, 4.69) is 5.32 Å². The Balaban J connectivity index is 2.59. The number of carbonyl (C=O) groups excluding carboxylic acids is 1. The summed E-state index contributed by atoms with van der Waals surface area (Å²) in [5.41, 5.74) is 0.921. The Morgan fingerprint density at radius 3 is 2.71 bits per heavy atom. The summed E-state index contributed by atoms with van der Waals surface area (Å²) >= 11 is 0. The number of rotatable bonds is 7. The summed E-state index contributed by atoms with van der Waals surface area (Å²) in [4.78, 5) is 24.4. The molecule has 0 saturated carbocycles. The molecule has 116 valence electrons. The Kier molecular flexibility index (Phi) is 6.52. The molecule has 21 heavy (non-hydrogen) atoms. The van der Waals surface area contributed by atoms with Gasteiger partial charge in [-0.3, -0.25) is 4.79 Å². The molecule has 1 rings (SSSR count). The van der Waals surface area contributed by atoms with Gasteiger partial charge in [0.15, 0.2) is 0 Å². The summed E-state index contributed by atoms with van der Waals surface area (Å²) in [5, 5.41) is 11.6. The van der Waals surface area contributed by atoms with E-state index in [0.717, 1.165) is 11.3 Å². The van der Waals surface area contributed by atoms with Gasteiger partial charge in [0.05, 0.1) is 13.5 Å². The van der Waals surface area contributed by atoms with Crippen LogP contribution in [0.4, 0.5) is 4.79 Å². The summed E-state index contributed by atoms with van der Waals surface area (Å²) in [6.45, 7) is 4.37. The first-order chi connectivity index (χ1) is 9.97. The number of hydrogen-bond acceptors (Lipinski definition) is 3. The number of aliphatic carboxylic acids is 1. The summed E-state index contributed by atoms with van der Waals surface area (Å²) in [5.74, 6) is -0.185. The van der Waals surface area contributed by atoms with Gasteiger partial charge < -0.3 is 20.1 Å². The van der Waals surface area contributed by atoms with Crippen LogP contribution in [0.5, 0.6) is 5.75 Å². The minimum atomic E-state index is -0.915. The average molecular weight is 294 g/mol. The second-order valence-corrected chi connectivity index (χ2v) is 4.74. The number of amides is 2. The number of methoxy groups -OCH3 is 1. The molecule has 1 aromatic carbocycles. The van der Waals surface area contributed by atoms with Crippen LogP contribution in [0.2, 0.25) is 0 Å². The normalized spacial score (nSPS) is 11.6. The van der Waals surface area contributed by atoms with Crippen molar-refractivity contribution in [2.75, 3.05) is 13.7 Å². The van der Waals surface area contributed by atoms with E-state index in [0.29, 0.717) is 13.1 Å². The molecule has 0 saturated heterocycles. The maximum absolute atomic E-state index is 12.1. The third-order valence-electron chi connectivity index (χ3n) is 3.18. The molecule has 0 radical (unpaired) electrons. The van der Waals surface area contributed by atoms with Crippen LogP contribution in [0.3, 0.4) is 0 Å². The summed E-state index contributed by atoms with van der Waals surface area (Å²) in [6, 6.07) is 6.80. The molecule has 0 fully saturated rings. The highest BCUT2D eigenvalue weighted by Crippen LogP contribution is 2.12. The minimum absolute atomic E-state index is 0.0690. The SMILES string of the molecule is CCN(C(=O)NCc1cccc(OC)c1)C(C)CC(=O)O. The fraction of sp³-hybridized carbons (Fsp3) is 0.467. The number of ether oxygens (including phenoxy) is 1. The highest BCUT2D eigenvalue weighted by atomic mass is 16.5. The Bertz CT molecular complexity index is 490. The second-order valence-electron chi connectivity index (χ2n) is 4.74. The van der Waals surface area contributed by atoms with E-state index in [1.165, 1.54) is 4.90 Å². The van der Waals surface area contributed by atoms with Crippen molar-refractivity contribution in [1.29, 1.82) is 0 Å². The van der Waals surface area contributed by atoms with E-state index >= 15 is 0 Å². The van der Waals surface area contributed by atoms with Crippen molar-refractivity contribution in [3.8, 4) is 5.75 Å². The van der Waals surface area contributed by atoms with Crippen LogP contribution >= 0.6 is 0 Å². The quantitative estimate of drug-likeness (QED) is 0.807. The Morgan fingerprint density at radius 2 is 2.14 bits per heavy atom. The Labute approximate surface area is 124 Å². The molecule has 1 atom stereocenters. The Hall–Kier alpha value is -2.24. The van der Waals surface area contributed by atoms with Crippen LogP contribution in [0.1, 0.15) is 25.8 Å². The molecule has 0 bridgehead atoms. The average Bonchev–Trinajstić information content (AvgIpc) is 2.45. The van der Waals surface area contributed by atoms with Gasteiger partial charge in [-0.15, -0.1) is 0 Å². The lowest BCUT2D eigenvalue weighted by Gasteiger charge is -2.27. The van der Waals surface area contributed by atoms with E-state index < -0.39 is 5.97 Å².